The molecule has 1 heterocycles. The van der Waals surface area contributed by atoms with Gasteiger partial charge in [0.25, 0.3) is 0 Å². The second kappa shape index (κ2) is 10.5. The van der Waals surface area contributed by atoms with Gasteiger partial charge in [0.15, 0.2) is 11.5 Å². The molecular weight excluding hydrogens is 482 g/mol. The molecule has 0 aliphatic heterocycles. The number of benzene rings is 2. The highest BCUT2D eigenvalue weighted by molar-refractivity contribution is 9.10. The Hall–Kier alpha value is -2.84. The highest BCUT2D eigenvalue weighted by Gasteiger charge is 2.23. The van der Waals surface area contributed by atoms with Crippen molar-refractivity contribution in [2.24, 2.45) is 0 Å². The van der Waals surface area contributed by atoms with Gasteiger partial charge in [0, 0.05) is 15.4 Å². The van der Waals surface area contributed by atoms with Crippen LogP contribution in [0, 0.1) is 0 Å². The topological polar surface area (TPSA) is 73.9 Å². The molecule has 31 heavy (non-hydrogen) atoms. The molecule has 2 aromatic carbocycles. The van der Waals surface area contributed by atoms with Crippen molar-refractivity contribution in [3.05, 3.63) is 63.4 Å². The molecule has 1 N–H and O–H groups in total. The fraction of sp³-hybridized carbons (Fsp3) is 0.217. The molecular formula is C23H22BrNO5S. The van der Waals surface area contributed by atoms with Crippen LogP contribution in [0.1, 0.15) is 22.8 Å². The zero-order chi connectivity index (χ0) is 22.4. The summed E-state index contributed by atoms with van der Waals surface area (Å²) in [6, 6.07) is 12.9. The summed E-state index contributed by atoms with van der Waals surface area (Å²) in [5.74, 6) is 0.423. The first-order valence-electron chi connectivity index (χ1n) is 9.52. The van der Waals surface area contributed by atoms with Crippen LogP contribution in [0.15, 0.2) is 52.3 Å². The third kappa shape index (κ3) is 5.45. The molecule has 0 saturated heterocycles. The molecule has 3 rings (SSSR count). The molecule has 0 spiro atoms. The maximum atomic E-state index is 12.7. The molecule has 0 unspecified atom stereocenters. The standard InChI is InChI=1S/C23H22BrNO5S/c1-4-30-23(27)21-17(15-6-8-16(24)9-7-15)13-31-22(21)25-20(26)12-14-5-10-18(28-2)19(11-14)29-3/h5-11,13H,4,12H2,1-3H3,(H,25,26). The number of thiophene rings is 1. The molecule has 0 saturated carbocycles. The molecule has 8 heteroatoms. The molecule has 162 valence electrons. The smallest absolute Gasteiger partial charge is 0.341 e. The first kappa shape index (κ1) is 22.8. The molecule has 1 amide bonds. The van der Waals surface area contributed by atoms with Crippen LogP contribution in [-0.4, -0.2) is 32.7 Å². The zero-order valence-corrected chi connectivity index (χ0v) is 19.8. The molecule has 3 aromatic rings. The van der Waals surface area contributed by atoms with Gasteiger partial charge < -0.3 is 19.5 Å². The van der Waals surface area contributed by atoms with E-state index >= 15 is 0 Å². The lowest BCUT2D eigenvalue weighted by Crippen LogP contribution is -2.16. The minimum absolute atomic E-state index is 0.119. The summed E-state index contributed by atoms with van der Waals surface area (Å²) in [5, 5.41) is 5.17. The summed E-state index contributed by atoms with van der Waals surface area (Å²) in [5.41, 5.74) is 2.70. The summed E-state index contributed by atoms with van der Waals surface area (Å²) in [6.45, 7) is 1.99. The second-order valence-corrected chi connectivity index (χ2v) is 8.29. The number of hydrogen-bond donors (Lipinski definition) is 1. The quantitative estimate of drug-likeness (QED) is 0.407. The highest BCUT2D eigenvalue weighted by atomic mass is 79.9. The maximum absolute atomic E-state index is 12.7. The number of anilines is 1. The van der Waals surface area contributed by atoms with E-state index in [-0.39, 0.29) is 18.9 Å². The van der Waals surface area contributed by atoms with Crippen molar-refractivity contribution < 1.29 is 23.8 Å². The Morgan fingerprint density at radius 1 is 1.03 bits per heavy atom. The van der Waals surface area contributed by atoms with E-state index < -0.39 is 5.97 Å². The number of carbonyl (C=O) groups excluding carboxylic acids is 2. The van der Waals surface area contributed by atoms with Gasteiger partial charge in [-0.2, -0.15) is 0 Å². The van der Waals surface area contributed by atoms with E-state index in [1.165, 1.54) is 11.3 Å². The second-order valence-electron chi connectivity index (χ2n) is 6.50. The largest absolute Gasteiger partial charge is 0.493 e. The van der Waals surface area contributed by atoms with Gasteiger partial charge in [-0.15, -0.1) is 11.3 Å². The summed E-state index contributed by atoms with van der Waals surface area (Å²) < 4.78 is 16.7. The van der Waals surface area contributed by atoms with Gasteiger partial charge in [-0.25, -0.2) is 4.79 Å². The monoisotopic (exact) mass is 503 g/mol. The molecule has 6 nitrogen and oxygen atoms in total. The normalized spacial score (nSPS) is 10.5. The predicted octanol–water partition coefficient (Wildman–Crippen LogP) is 5.55. The lowest BCUT2D eigenvalue weighted by Gasteiger charge is -2.11. The number of rotatable bonds is 8. The lowest BCUT2D eigenvalue weighted by atomic mass is 10.0. The van der Waals surface area contributed by atoms with Crippen molar-refractivity contribution in [3.63, 3.8) is 0 Å². The highest BCUT2D eigenvalue weighted by Crippen LogP contribution is 2.37. The first-order valence-corrected chi connectivity index (χ1v) is 11.2. The summed E-state index contributed by atoms with van der Waals surface area (Å²) >= 11 is 4.71. The van der Waals surface area contributed by atoms with Gasteiger partial charge in [-0.3, -0.25) is 4.79 Å². The summed E-state index contributed by atoms with van der Waals surface area (Å²) in [4.78, 5) is 25.4. The van der Waals surface area contributed by atoms with Gasteiger partial charge in [-0.05, 0) is 42.3 Å². The molecule has 0 aliphatic rings. The fourth-order valence-corrected chi connectivity index (χ4v) is 4.28. The van der Waals surface area contributed by atoms with Crippen LogP contribution in [0.3, 0.4) is 0 Å². The third-order valence-electron chi connectivity index (χ3n) is 4.49. The maximum Gasteiger partial charge on any atom is 0.341 e. The average Bonchev–Trinajstić information content (AvgIpc) is 3.17. The Morgan fingerprint density at radius 3 is 2.39 bits per heavy atom. The van der Waals surface area contributed by atoms with E-state index in [2.05, 4.69) is 21.2 Å². The first-order chi connectivity index (χ1) is 15.0. The van der Waals surface area contributed by atoms with Crippen LogP contribution in [0.2, 0.25) is 0 Å². The van der Waals surface area contributed by atoms with Crippen molar-refractivity contribution in [1.82, 2.24) is 0 Å². The van der Waals surface area contributed by atoms with Crippen LogP contribution in [-0.2, 0) is 16.0 Å². The van der Waals surface area contributed by atoms with E-state index in [1.54, 1.807) is 39.3 Å². The Balaban J connectivity index is 1.86. The van der Waals surface area contributed by atoms with Crippen molar-refractivity contribution >= 4 is 44.1 Å². The van der Waals surface area contributed by atoms with Gasteiger partial charge >= 0.3 is 5.97 Å². The molecule has 0 aliphatic carbocycles. The summed E-state index contributed by atoms with van der Waals surface area (Å²) in [6.07, 6.45) is 0.119. The van der Waals surface area contributed by atoms with Crippen LogP contribution >= 0.6 is 27.3 Å². The molecule has 0 bridgehead atoms. The van der Waals surface area contributed by atoms with E-state index in [1.807, 2.05) is 29.6 Å². The Bertz CT molecular complexity index is 1080. The zero-order valence-electron chi connectivity index (χ0n) is 17.4. The minimum atomic E-state index is -0.469. The SMILES string of the molecule is CCOC(=O)c1c(-c2ccc(Br)cc2)csc1NC(=O)Cc1ccc(OC)c(OC)c1. The van der Waals surface area contributed by atoms with E-state index in [0.29, 0.717) is 22.1 Å². The van der Waals surface area contributed by atoms with Crippen molar-refractivity contribution in [2.45, 2.75) is 13.3 Å². The van der Waals surface area contributed by atoms with E-state index in [9.17, 15) is 9.59 Å². The number of carbonyl (C=O) groups is 2. The fourth-order valence-electron chi connectivity index (χ4n) is 3.04. The average molecular weight is 504 g/mol. The number of esters is 1. The molecule has 0 radical (unpaired) electrons. The van der Waals surface area contributed by atoms with Gasteiger partial charge in [0.1, 0.15) is 10.6 Å². The van der Waals surface area contributed by atoms with Crippen LogP contribution < -0.4 is 14.8 Å². The molecule has 0 fully saturated rings. The molecule has 1 aromatic heterocycles. The van der Waals surface area contributed by atoms with Crippen molar-refractivity contribution in [2.75, 3.05) is 26.1 Å². The van der Waals surface area contributed by atoms with Gasteiger partial charge in [0.05, 0.1) is 27.2 Å². The molecule has 0 atom stereocenters. The number of nitrogens with one attached hydrogen (secondary N) is 1. The van der Waals surface area contributed by atoms with E-state index in [0.717, 1.165) is 21.2 Å². The Morgan fingerprint density at radius 2 is 1.74 bits per heavy atom. The Kier molecular flexibility index (Phi) is 7.70. The van der Waals surface area contributed by atoms with Crippen molar-refractivity contribution in [3.8, 4) is 22.6 Å². The van der Waals surface area contributed by atoms with Crippen LogP contribution in [0.4, 0.5) is 5.00 Å². The number of amides is 1. The van der Waals surface area contributed by atoms with Crippen LogP contribution in [0.5, 0.6) is 11.5 Å². The minimum Gasteiger partial charge on any atom is -0.493 e. The van der Waals surface area contributed by atoms with Crippen molar-refractivity contribution in [1.29, 1.82) is 0 Å². The van der Waals surface area contributed by atoms with Gasteiger partial charge in [0.2, 0.25) is 5.91 Å². The number of halogens is 1. The number of hydrogen-bond acceptors (Lipinski definition) is 6. The number of methoxy groups -OCH3 is 2. The van der Waals surface area contributed by atoms with Gasteiger partial charge in [-0.1, -0.05) is 34.1 Å². The van der Waals surface area contributed by atoms with Crippen LogP contribution in [0.25, 0.3) is 11.1 Å². The lowest BCUT2D eigenvalue weighted by molar-refractivity contribution is -0.115. The summed E-state index contributed by atoms with van der Waals surface area (Å²) in [7, 11) is 3.10. The predicted molar refractivity (Wildman–Crippen MR) is 125 cm³/mol. The Labute approximate surface area is 193 Å². The third-order valence-corrected chi connectivity index (χ3v) is 5.92. The van der Waals surface area contributed by atoms with E-state index in [4.69, 9.17) is 14.2 Å². The number of ether oxygens (including phenoxy) is 3.